The minimum Gasteiger partial charge on any atom is -0.321 e. The summed E-state index contributed by atoms with van der Waals surface area (Å²) in [4.78, 5) is 22.9. The molecule has 0 saturated heterocycles. The first-order chi connectivity index (χ1) is 12.8. The largest absolute Gasteiger partial charge is 0.321 e. The molecule has 136 valence electrons. The Morgan fingerprint density at radius 2 is 1.81 bits per heavy atom. The van der Waals surface area contributed by atoms with Crippen LogP contribution < -0.4 is 5.32 Å². The van der Waals surface area contributed by atoms with Crippen molar-refractivity contribution in [2.75, 3.05) is 5.32 Å². The molecule has 0 aromatic heterocycles. The minimum absolute atomic E-state index is 0.0454. The third kappa shape index (κ3) is 4.89. The number of carbonyl (C=O) groups excluding carboxylic acids is 1. The molecule has 6 nitrogen and oxygen atoms in total. The van der Waals surface area contributed by atoms with E-state index in [1.807, 2.05) is 39.0 Å². The van der Waals surface area contributed by atoms with Gasteiger partial charge < -0.3 is 5.32 Å². The number of para-hydroxylation sites is 1. The summed E-state index contributed by atoms with van der Waals surface area (Å²) >= 11 is 0. The summed E-state index contributed by atoms with van der Waals surface area (Å²) in [6.45, 7) is 5.75. The maximum absolute atomic E-state index is 12.4. The van der Waals surface area contributed by atoms with Gasteiger partial charge in [0.05, 0.1) is 10.5 Å². The van der Waals surface area contributed by atoms with Crippen LogP contribution >= 0.6 is 0 Å². The fourth-order valence-corrected chi connectivity index (χ4v) is 2.76. The van der Waals surface area contributed by atoms with E-state index in [1.54, 1.807) is 18.2 Å². The van der Waals surface area contributed by atoms with E-state index in [4.69, 9.17) is 0 Å². The lowest BCUT2D eigenvalue weighted by atomic mass is 10.0. The first-order valence-electron chi connectivity index (χ1n) is 8.24. The molecular formula is C21H19N3O3. The smallest absolute Gasteiger partial charge is 0.276 e. The highest BCUT2D eigenvalue weighted by atomic mass is 16.6. The van der Waals surface area contributed by atoms with Gasteiger partial charge in [0.25, 0.3) is 11.6 Å². The van der Waals surface area contributed by atoms with Gasteiger partial charge in [-0.25, -0.2) is 0 Å². The summed E-state index contributed by atoms with van der Waals surface area (Å²) in [5, 5.41) is 23.1. The van der Waals surface area contributed by atoms with E-state index in [0.29, 0.717) is 11.3 Å². The van der Waals surface area contributed by atoms with Crippen molar-refractivity contribution in [2.45, 2.75) is 20.8 Å². The SMILES string of the molecule is Cc1cc(C)c(NC(=O)C(C#N)=CC=Cc2ccccc2[N+](=O)[O-])c(C)c1. The fraction of sp³-hybridized carbons (Fsp3) is 0.143. The molecule has 0 aliphatic carbocycles. The number of nitro benzene ring substituents is 1. The first-order valence-corrected chi connectivity index (χ1v) is 8.24. The van der Waals surface area contributed by atoms with E-state index in [2.05, 4.69) is 5.32 Å². The van der Waals surface area contributed by atoms with Crippen LogP contribution in [0.5, 0.6) is 0 Å². The van der Waals surface area contributed by atoms with Gasteiger partial charge in [0.1, 0.15) is 11.6 Å². The molecule has 0 atom stereocenters. The van der Waals surface area contributed by atoms with E-state index >= 15 is 0 Å². The summed E-state index contributed by atoms with van der Waals surface area (Å²) in [6, 6.07) is 12.0. The molecule has 6 heteroatoms. The molecule has 1 amide bonds. The van der Waals surface area contributed by atoms with Crippen LogP contribution in [0.3, 0.4) is 0 Å². The minimum atomic E-state index is -0.528. The maximum atomic E-state index is 12.4. The Morgan fingerprint density at radius 3 is 2.41 bits per heavy atom. The summed E-state index contributed by atoms with van der Waals surface area (Å²) in [5.41, 5.74) is 3.84. The Morgan fingerprint density at radius 1 is 1.19 bits per heavy atom. The van der Waals surface area contributed by atoms with E-state index in [1.165, 1.54) is 24.3 Å². The van der Waals surface area contributed by atoms with Crippen LogP contribution in [0.25, 0.3) is 6.08 Å². The number of benzene rings is 2. The van der Waals surface area contributed by atoms with Gasteiger partial charge in [-0.05, 0) is 50.1 Å². The van der Waals surface area contributed by atoms with E-state index in [-0.39, 0.29) is 11.3 Å². The number of nitro groups is 1. The lowest BCUT2D eigenvalue weighted by Crippen LogP contribution is -2.15. The van der Waals surface area contributed by atoms with Gasteiger partial charge in [-0.2, -0.15) is 5.26 Å². The molecule has 0 unspecified atom stereocenters. The highest BCUT2D eigenvalue weighted by molar-refractivity contribution is 6.07. The van der Waals surface area contributed by atoms with Crippen molar-refractivity contribution in [3.05, 3.63) is 86.5 Å². The normalized spacial score (nSPS) is 11.3. The second-order valence-corrected chi connectivity index (χ2v) is 6.10. The van der Waals surface area contributed by atoms with Crippen LogP contribution in [0.1, 0.15) is 22.3 Å². The molecule has 1 N–H and O–H groups in total. The van der Waals surface area contributed by atoms with Gasteiger partial charge in [-0.1, -0.05) is 35.9 Å². The topological polar surface area (TPSA) is 96.0 Å². The molecular weight excluding hydrogens is 342 g/mol. The number of nitriles is 1. The standard InChI is InChI=1S/C21H19N3O3/c1-14-11-15(2)20(16(3)12-14)23-21(25)18(13-22)9-6-8-17-7-4-5-10-19(17)24(26)27/h4-12H,1-3H3,(H,23,25). The van der Waals surface area contributed by atoms with Crippen LogP contribution in [0.4, 0.5) is 11.4 Å². The molecule has 0 radical (unpaired) electrons. The number of anilines is 1. The summed E-state index contributed by atoms with van der Waals surface area (Å²) in [6.07, 6.45) is 4.28. The number of hydrogen-bond donors (Lipinski definition) is 1. The number of carbonyl (C=O) groups is 1. The molecule has 0 fully saturated rings. The second kappa shape index (κ2) is 8.59. The van der Waals surface area contributed by atoms with Crippen LogP contribution in [-0.2, 0) is 4.79 Å². The average Bonchev–Trinajstić information content (AvgIpc) is 2.61. The van der Waals surface area contributed by atoms with E-state index in [0.717, 1.165) is 16.7 Å². The van der Waals surface area contributed by atoms with Crippen LogP contribution in [0.2, 0.25) is 0 Å². The molecule has 0 bridgehead atoms. The Kier molecular flexibility index (Phi) is 6.23. The third-order valence-corrected chi connectivity index (χ3v) is 3.95. The van der Waals surface area contributed by atoms with Crippen molar-refractivity contribution in [2.24, 2.45) is 0 Å². The Labute approximate surface area is 157 Å². The van der Waals surface area contributed by atoms with Crippen molar-refractivity contribution in [3.63, 3.8) is 0 Å². The summed E-state index contributed by atoms with van der Waals surface area (Å²) < 4.78 is 0. The molecule has 0 spiro atoms. The van der Waals surface area contributed by atoms with Crippen molar-refractivity contribution >= 4 is 23.4 Å². The second-order valence-electron chi connectivity index (χ2n) is 6.10. The Balaban J connectivity index is 2.23. The number of allylic oxidation sites excluding steroid dienone is 2. The monoisotopic (exact) mass is 361 g/mol. The van der Waals surface area contributed by atoms with Crippen molar-refractivity contribution in [1.82, 2.24) is 0 Å². The maximum Gasteiger partial charge on any atom is 0.276 e. The van der Waals surface area contributed by atoms with E-state index < -0.39 is 10.8 Å². The van der Waals surface area contributed by atoms with Crippen molar-refractivity contribution in [1.29, 1.82) is 5.26 Å². The van der Waals surface area contributed by atoms with Crippen LogP contribution in [0.15, 0.2) is 54.1 Å². The highest BCUT2D eigenvalue weighted by Crippen LogP contribution is 2.23. The lowest BCUT2D eigenvalue weighted by molar-refractivity contribution is -0.385. The molecule has 2 aromatic rings. The average molecular weight is 361 g/mol. The zero-order valence-corrected chi connectivity index (χ0v) is 15.3. The van der Waals surface area contributed by atoms with Gasteiger partial charge in [-0.3, -0.25) is 14.9 Å². The number of aryl methyl sites for hydroxylation is 3. The molecule has 0 aliphatic heterocycles. The van der Waals surface area contributed by atoms with Gasteiger partial charge in [0.15, 0.2) is 0 Å². The highest BCUT2D eigenvalue weighted by Gasteiger charge is 2.12. The van der Waals surface area contributed by atoms with Crippen molar-refractivity contribution < 1.29 is 9.72 Å². The Hall–Kier alpha value is -3.72. The first kappa shape index (κ1) is 19.6. The fourth-order valence-electron chi connectivity index (χ4n) is 2.76. The number of amides is 1. The van der Waals surface area contributed by atoms with Crippen LogP contribution in [0, 0.1) is 42.2 Å². The number of rotatable bonds is 5. The molecule has 0 aliphatic rings. The zero-order chi connectivity index (χ0) is 20.0. The number of nitrogens with zero attached hydrogens (tertiary/aromatic N) is 2. The molecule has 2 rings (SSSR count). The molecule has 2 aromatic carbocycles. The summed E-state index contributed by atoms with van der Waals surface area (Å²) in [7, 11) is 0. The van der Waals surface area contributed by atoms with E-state index in [9.17, 15) is 20.2 Å². The predicted molar refractivity (Wildman–Crippen MR) is 105 cm³/mol. The van der Waals surface area contributed by atoms with Crippen LogP contribution in [-0.4, -0.2) is 10.8 Å². The molecule has 0 heterocycles. The Bertz CT molecular complexity index is 975. The predicted octanol–water partition coefficient (Wildman–Crippen LogP) is 4.62. The lowest BCUT2D eigenvalue weighted by Gasteiger charge is -2.12. The van der Waals surface area contributed by atoms with Crippen molar-refractivity contribution in [3.8, 4) is 6.07 Å². The van der Waals surface area contributed by atoms with Gasteiger partial charge >= 0.3 is 0 Å². The van der Waals surface area contributed by atoms with Gasteiger partial charge in [-0.15, -0.1) is 0 Å². The quantitative estimate of drug-likeness (QED) is 0.276. The number of nitrogens with one attached hydrogen (secondary N) is 1. The molecule has 27 heavy (non-hydrogen) atoms. The molecule has 0 saturated carbocycles. The zero-order valence-electron chi connectivity index (χ0n) is 15.3. The number of hydrogen-bond acceptors (Lipinski definition) is 4. The van der Waals surface area contributed by atoms with Gasteiger partial charge in [0.2, 0.25) is 0 Å². The van der Waals surface area contributed by atoms with Gasteiger partial charge in [0, 0.05) is 11.8 Å². The summed E-state index contributed by atoms with van der Waals surface area (Å²) in [5.74, 6) is -0.528. The third-order valence-electron chi connectivity index (χ3n) is 3.95.